The quantitative estimate of drug-likeness (QED) is 0.814. The predicted octanol–water partition coefficient (Wildman–Crippen LogP) is 4.76. The summed E-state index contributed by atoms with van der Waals surface area (Å²) in [6.45, 7) is 6.57. The number of para-hydroxylation sites is 1. The van der Waals surface area contributed by atoms with Gasteiger partial charge in [-0.05, 0) is 56.1 Å². The van der Waals surface area contributed by atoms with Crippen molar-refractivity contribution in [1.82, 2.24) is 0 Å². The minimum Gasteiger partial charge on any atom is -0.380 e. The Morgan fingerprint density at radius 2 is 1.83 bits per heavy atom. The SMILES string of the molecule is Cc1cccc(F)c1NC1CCC(C(C)C)CC1. The van der Waals surface area contributed by atoms with Crippen molar-refractivity contribution in [3.8, 4) is 0 Å². The van der Waals surface area contributed by atoms with Crippen molar-refractivity contribution in [1.29, 1.82) is 0 Å². The molecule has 1 aromatic rings. The third-order valence-corrected chi connectivity index (χ3v) is 4.29. The van der Waals surface area contributed by atoms with Gasteiger partial charge < -0.3 is 5.32 Å². The van der Waals surface area contributed by atoms with Crippen LogP contribution in [0.15, 0.2) is 18.2 Å². The average Bonchev–Trinajstić information content (AvgIpc) is 2.34. The molecule has 0 atom stereocenters. The summed E-state index contributed by atoms with van der Waals surface area (Å²) in [6.07, 6.45) is 4.86. The highest BCUT2D eigenvalue weighted by Gasteiger charge is 2.23. The average molecular weight is 249 g/mol. The van der Waals surface area contributed by atoms with Crippen LogP contribution in [-0.4, -0.2) is 6.04 Å². The Morgan fingerprint density at radius 3 is 2.39 bits per heavy atom. The smallest absolute Gasteiger partial charge is 0.146 e. The van der Waals surface area contributed by atoms with E-state index in [1.165, 1.54) is 18.9 Å². The number of anilines is 1. The van der Waals surface area contributed by atoms with Gasteiger partial charge >= 0.3 is 0 Å². The first kappa shape index (κ1) is 13.4. The van der Waals surface area contributed by atoms with Crippen LogP contribution in [0.5, 0.6) is 0 Å². The number of hydrogen-bond acceptors (Lipinski definition) is 1. The first-order valence-electron chi connectivity index (χ1n) is 7.09. The molecule has 1 aliphatic carbocycles. The fraction of sp³-hybridized carbons (Fsp3) is 0.625. The minimum absolute atomic E-state index is 0.124. The summed E-state index contributed by atoms with van der Waals surface area (Å²) in [5.41, 5.74) is 1.70. The maximum Gasteiger partial charge on any atom is 0.146 e. The minimum atomic E-state index is -0.124. The van der Waals surface area contributed by atoms with Crippen LogP contribution < -0.4 is 5.32 Å². The van der Waals surface area contributed by atoms with E-state index in [9.17, 15) is 4.39 Å². The largest absolute Gasteiger partial charge is 0.380 e. The summed E-state index contributed by atoms with van der Waals surface area (Å²) in [5, 5.41) is 3.40. The summed E-state index contributed by atoms with van der Waals surface area (Å²) < 4.78 is 13.7. The van der Waals surface area contributed by atoms with Crippen molar-refractivity contribution in [3.05, 3.63) is 29.6 Å². The van der Waals surface area contributed by atoms with Crippen molar-refractivity contribution in [2.75, 3.05) is 5.32 Å². The van der Waals surface area contributed by atoms with Crippen LogP contribution in [0.2, 0.25) is 0 Å². The van der Waals surface area contributed by atoms with Crippen LogP contribution >= 0.6 is 0 Å². The Kier molecular flexibility index (Phi) is 4.26. The van der Waals surface area contributed by atoms with Crippen LogP contribution in [0.4, 0.5) is 10.1 Å². The van der Waals surface area contributed by atoms with Gasteiger partial charge in [0.15, 0.2) is 0 Å². The number of nitrogens with one attached hydrogen (secondary N) is 1. The highest BCUT2D eigenvalue weighted by atomic mass is 19.1. The molecule has 0 heterocycles. The third-order valence-electron chi connectivity index (χ3n) is 4.29. The van der Waals surface area contributed by atoms with Gasteiger partial charge in [-0.3, -0.25) is 0 Å². The maximum absolute atomic E-state index is 13.7. The topological polar surface area (TPSA) is 12.0 Å². The molecule has 2 rings (SSSR count). The van der Waals surface area contributed by atoms with Gasteiger partial charge in [0.25, 0.3) is 0 Å². The van der Waals surface area contributed by atoms with E-state index in [-0.39, 0.29) is 5.82 Å². The van der Waals surface area contributed by atoms with Crippen molar-refractivity contribution in [3.63, 3.8) is 0 Å². The monoisotopic (exact) mass is 249 g/mol. The molecule has 0 aromatic heterocycles. The van der Waals surface area contributed by atoms with Gasteiger partial charge in [-0.15, -0.1) is 0 Å². The number of hydrogen-bond donors (Lipinski definition) is 1. The molecule has 1 saturated carbocycles. The zero-order valence-electron chi connectivity index (χ0n) is 11.7. The Labute approximate surface area is 110 Å². The molecule has 0 bridgehead atoms. The van der Waals surface area contributed by atoms with Gasteiger partial charge in [0.1, 0.15) is 5.82 Å². The molecule has 1 aromatic carbocycles. The van der Waals surface area contributed by atoms with Crippen molar-refractivity contribution in [2.45, 2.75) is 52.5 Å². The third kappa shape index (κ3) is 3.04. The highest BCUT2D eigenvalue weighted by molar-refractivity contribution is 5.52. The van der Waals surface area contributed by atoms with E-state index in [1.54, 1.807) is 6.07 Å². The van der Waals surface area contributed by atoms with E-state index in [2.05, 4.69) is 19.2 Å². The van der Waals surface area contributed by atoms with Crippen LogP contribution in [0.1, 0.15) is 45.1 Å². The molecular formula is C16H24FN. The first-order chi connectivity index (χ1) is 8.58. The van der Waals surface area contributed by atoms with Gasteiger partial charge in [-0.25, -0.2) is 4.39 Å². The number of benzene rings is 1. The Bertz CT molecular complexity index is 372. The molecule has 0 radical (unpaired) electrons. The van der Waals surface area contributed by atoms with E-state index in [0.717, 1.165) is 30.2 Å². The second-order valence-corrected chi connectivity index (χ2v) is 5.93. The van der Waals surface area contributed by atoms with Gasteiger partial charge in [-0.1, -0.05) is 26.0 Å². The first-order valence-corrected chi connectivity index (χ1v) is 7.09. The summed E-state index contributed by atoms with van der Waals surface area (Å²) in [5.74, 6) is 1.51. The second-order valence-electron chi connectivity index (χ2n) is 5.93. The molecule has 2 heteroatoms. The summed E-state index contributed by atoms with van der Waals surface area (Å²) in [6, 6.07) is 5.71. The Morgan fingerprint density at radius 1 is 1.17 bits per heavy atom. The van der Waals surface area contributed by atoms with Crippen molar-refractivity contribution < 1.29 is 4.39 Å². The molecule has 1 aliphatic rings. The maximum atomic E-state index is 13.7. The molecule has 0 spiro atoms. The van der Waals surface area contributed by atoms with Crippen LogP contribution in [0.25, 0.3) is 0 Å². The van der Waals surface area contributed by atoms with E-state index >= 15 is 0 Å². The fourth-order valence-electron chi connectivity index (χ4n) is 2.95. The summed E-state index contributed by atoms with van der Waals surface area (Å²) in [7, 11) is 0. The normalized spacial score (nSPS) is 24.3. The molecule has 0 saturated heterocycles. The van der Waals surface area contributed by atoms with E-state index < -0.39 is 0 Å². The molecule has 100 valence electrons. The number of aryl methyl sites for hydroxylation is 1. The molecule has 1 N–H and O–H groups in total. The van der Waals surface area contributed by atoms with E-state index in [0.29, 0.717) is 11.7 Å². The number of rotatable bonds is 3. The lowest BCUT2D eigenvalue weighted by Gasteiger charge is -2.32. The van der Waals surface area contributed by atoms with Gasteiger partial charge in [0.2, 0.25) is 0 Å². The van der Waals surface area contributed by atoms with Gasteiger partial charge in [0.05, 0.1) is 5.69 Å². The lowest BCUT2D eigenvalue weighted by Crippen LogP contribution is -2.28. The summed E-state index contributed by atoms with van der Waals surface area (Å²) in [4.78, 5) is 0. The lowest BCUT2D eigenvalue weighted by atomic mass is 9.79. The van der Waals surface area contributed by atoms with E-state index in [1.807, 2.05) is 13.0 Å². The Hall–Kier alpha value is -1.05. The molecule has 1 nitrogen and oxygen atoms in total. The fourth-order valence-corrected chi connectivity index (χ4v) is 2.95. The van der Waals surface area contributed by atoms with Crippen LogP contribution in [0.3, 0.4) is 0 Å². The van der Waals surface area contributed by atoms with E-state index in [4.69, 9.17) is 0 Å². The lowest BCUT2D eigenvalue weighted by molar-refractivity contribution is 0.266. The van der Waals surface area contributed by atoms with Crippen molar-refractivity contribution >= 4 is 5.69 Å². The Balaban J connectivity index is 1.96. The summed E-state index contributed by atoms with van der Waals surface area (Å²) >= 11 is 0. The molecule has 1 fully saturated rings. The molecule has 0 aliphatic heterocycles. The highest BCUT2D eigenvalue weighted by Crippen LogP contribution is 2.32. The zero-order valence-corrected chi connectivity index (χ0v) is 11.7. The van der Waals surface area contributed by atoms with Gasteiger partial charge in [-0.2, -0.15) is 0 Å². The zero-order chi connectivity index (χ0) is 13.1. The predicted molar refractivity (Wildman–Crippen MR) is 75.3 cm³/mol. The van der Waals surface area contributed by atoms with Crippen LogP contribution in [0, 0.1) is 24.6 Å². The molecule has 0 unspecified atom stereocenters. The molecule has 18 heavy (non-hydrogen) atoms. The molecular weight excluding hydrogens is 225 g/mol. The second kappa shape index (κ2) is 5.73. The standard InChI is InChI=1S/C16H24FN/c1-11(2)13-7-9-14(10-8-13)18-16-12(3)5-4-6-15(16)17/h4-6,11,13-14,18H,7-10H2,1-3H3. The number of halogens is 1. The van der Waals surface area contributed by atoms with Crippen molar-refractivity contribution in [2.24, 2.45) is 11.8 Å². The van der Waals surface area contributed by atoms with Crippen LogP contribution in [-0.2, 0) is 0 Å². The van der Waals surface area contributed by atoms with Gasteiger partial charge in [0, 0.05) is 6.04 Å². The molecule has 0 amide bonds.